The Morgan fingerprint density at radius 3 is 1.11 bits per heavy atom. The maximum atomic E-state index is 13.0. The number of hydrogen-bond acceptors (Lipinski definition) is 5. The summed E-state index contributed by atoms with van der Waals surface area (Å²) < 4.78 is 23.8. The average Bonchev–Trinajstić information content (AvgIpc) is 3.50. The Balaban J connectivity index is 4.22. The summed E-state index contributed by atoms with van der Waals surface area (Å²) in [6.45, 7) is 4.67. The SMILES string of the molecule is CC/C=C\C/C=C\C/C=C\C/C=C\C/C=C\C/C=C\C/C=C\C/C=C\C/C=C\CCCCCCCCCCCC(=O)NC(COP(=O)(O)OCC[N+](C)(C)C)C(O)/C=C/CC/C=C/CC/C=C/CCCCCCCCCCCCCCCC. The van der Waals surface area contributed by atoms with Gasteiger partial charge in [-0.2, -0.15) is 0 Å². The molecule has 0 aromatic carbocycles. The zero-order valence-corrected chi connectivity index (χ0v) is 55.0. The van der Waals surface area contributed by atoms with Gasteiger partial charge in [-0.15, -0.1) is 0 Å². The zero-order chi connectivity index (χ0) is 60.5. The van der Waals surface area contributed by atoms with Crippen molar-refractivity contribution in [3.8, 4) is 0 Å². The largest absolute Gasteiger partial charge is 0.472 e. The maximum Gasteiger partial charge on any atom is 0.472 e. The normalized spacial score (nSPS) is 14.6. The molecule has 0 heterocycles. The molecular weight excluding hydrogens is 1040 g/mol. The van der Waals surface area contributed by atoms with Crippen LogP contribution in [-0.2, 0) is 18.4 Å². The molecule has 0 aromatic rings. The van der Waals surface area contributed by atoms with E-state index in [0.717, 1.165) is 116 Å². The summed E-state index contributed by atoms with van der Waals surface area (Å²) in [5.41, 5.74) is 0. The lowest BCUT2D eigenvalue weighted by atomic mass is 10.0. The Kier molecular flexibility index (Phi) is 60.2. The van der Waals surface area contributed by atoms with Crippen LogP contribution in [0.4, 0.5) is 0 Å². The van der Waals surface area contributed by atoms with E-state index in [0.29, 0.717) is 17.4 Å². The van der Waals surface area contributed by atoms with Gasteiger partial charge >= 0.3 is 7.82 Å². The van der Waals surface area contributed by atoms with Gasteiger partial charge in [0.25, 0.3) is 0 Å². The number of carbonyl (C=O) groups is 1. The van der Waals surface area contributed by atoms with Crippen molar-refractivity contribution in [1.29, 1.82) is 0 Å². The van der Waals surface area contributed by atoms with Crippen LogP contribution in [0.25, 0.3) is 0 Å². The van der Waals surface area contributed by atoms with E-state index in [9.17, 15) is 19.4 Å². The predicted octanol–water partition coefficient (Wildman–Crippen LogP) is 21.6. The molecule has 0 rings (SSSR count). The van der Waals surface area contributed by atoms with Gasteiger partial charge in [0.05, 0.1) is 39.9 Å². The van der Waals surface area contributed by atoms with Crippen LogP contribution >= 0.6 is 7.82 Å². The molecule has 0 saturated carbocycles. The molecule has 0 saturated heterocycles. The van der Waals surface area contributed by atoms with E-state index in [2.05, 4.69) is 153 Å². The van der Waals surface area contributed by atoms with E-state index in [1.54, 1.807) is 6.08 Å². The van der Waals surface area contributed by atoms with E-state index < -0.39 is 20.0 Å². The second-order valence-electron chi connectivity index (χ2n) is 23.4. The first-order chi connectivity index (χ1) is 40.5. The van der Waals surface area contributed by atoms with Crippen LogP contribution in [0.1, 0.15) is 264 Å². The number of carbonyl (C=O) groups excluding carboxylic acids is 1. The van der Waals surface area contributed by atoms with E-state index >= 15 is 0 Å². The monoisotopic (exact) mass is 1170 g/mol. The summed E-state index contributed by atoms with van der Waals surface area (Å²) in [6.07, 6.45) is 96.9. The molecule has 3 unspecified atom stereocenters. The molecule has 0 aliphatic heterocycles. The number of aliphatic hydroxyl groups excluding tert-OH is 1. The number of unbranched alkanes of at least 4 members (excludes halogenated alkanes) is 25. The second-order valence-corrected chi connectivity index (χ2v) is 24.9. The molecule has 8 nitrogen and oxygen atoms in total. The summed E-state index contributed by atoms with van der Waals surface area (Å²) >= 11 is 0. The van der Waals surface area contributed by atoms with Crippen LogP contribution in [0.15, 0.2) is 146 Å². The number of hydrogen-bond donors (Lipinski definition) is 3. The fourth-order valence-corrected chi connectivity index (χ4v) is 9.80. The highest BCUT2D eigenvalue weighted by molar-refractivity contribution is 7.47. The first kappa shape index (κ1) is 79.4. The highest BCUT2D eigenvalue weighted by atomic mass is 31.2. The fraction of sp³-hybridized carbons (Fsp3) is 0.662. The van der Waals surface area contributed by atoms with Gasteiger partial charge in [-0.3, -0.25) is 13.8 Å². The van der Waals surface area contributed by atoms with Gasteiger partial charge in [-0.05, 0) is 116 Å². The molecule has 0 spiro atoms. The van der Waals surface area contributed by atoms with E-state index in [-0.39, 0.29) is 19.1 Å². The van der Waals surface area contributed by atoms with Crippen LogP contribution in [0, 0.1) is 0 Å². The molecule has 83 heavy (non-hydrogen) atoms. The number of phosphoric acid groups is 1. The van der Waals surface area contributed by atoms with Crippen molar-refractivity contribution >= 4 is 13.7 Å². The van der Waals surface area contributed by atoms with Crippen molar-refractivity contribution in [1.82, 2.24) is 5.32 Å². The number of aliphatic hydroxyl groups is 1. The standard InChI is InChI=1S/C74H127N2O6P/c1-6-8-10-12-14-16-18-20-22-24-26-28-30-32-33-34-35-36-37-38-39-40-41-42-43-44-46-48-50-52-54-56-58-60-62-64-66-68-74(78)75-72(71-82-83(79,80)81-70-69-76(3,4)5)73(77)67-65-63-61-59-57-55-53-51-49-47-45-31-29-27-25-23-21-19-17-15-13-11-9-7-2/h8,10,14,16,20,22,26,28,32-33,35-36,38-39,41-42,44,46,49,51,57,59,65,67,72-73,77H,6-7,9,11-13,15,17-19,21,23-25,27,29-31,34,37,40,43,45,47-48,50,52-56,58,60-64,66,68-71H2,1-5H3,(H-,75,78,79,80)/p+1/b10-8-,16-14-,22-20-,28-26-,33-32-,36-35-,39-38-,42-41-,46-44-,51-49+,59-57+,67-65+. The van der Waals surface area contributed by atoms with Crippen LogP contribution < -0.4 is 5.32 Å². The lowest BCUT2D eigenvalue weighted by Gasteiger charge is -2.25. The van der Waals surface area contributed by atoms with Gasteiger partial charge in [0, 0.05) is 6.42 Å². The number of allylic oxidation sites excluding steroid dienone is 23. The molecule has 3 atom stereocenters. The first-order valence-electron chi connectivity index (χ1n) is 33.7. The van der Waals surface area contributed by atoms with Gasteiger partial charge in [0.1, 0.15) is 13.2 Å². The number of rotatable bonds is 60. The van der Waals surface area contributed by atoms with E-state index in [4.69, 9.17) is 9.05 Å². The summed E-state index contributed by atoms with van der Waals surface area (Å²) in [5.74, 6) is -0.202. The summed E-state index contributed by atoms with van der Waals surface area (Å²) in [4.78, 5) is 23.4. The van der Waals surface area contributed by atoms with Crippen molar-refractivity contribution in [2.24, 2.45) is 0 Å². The van der Waals surface area contributed by atoms with E-state index in [1.807, 2.05) is 27.2 Å². The Morgan fingerprint density at radius 2 is 0.735 bits per heavy atom. The molecule has 0 radical (unpaired) electrons. The predicted molar refractivity (Wildman–Crippen MR) is 364 cm³/mol. The Labute approximate surface area is 512 Å². The van der Waals surface area contributed by atoms with Crippen molar-refractivity contribution < 1.29 is 32.9 Å². The lowest BCUT2D eigenvalue weighted by Crippen LogP contribution is -2.45. The third kappa shape index (κ3) is 65.8. The number of nitrogens with one attached hydrogen (secondary N) is 1. The third-order valence-electron chi connectivity index (χ3n) is 14.3. The minimum Gasteiger partial charge on any atom is -0.387 e. The Hall–Kier alpha value is -3.62. The summed E-state index contributed by atoms with van der Waals surface area (Å²) in [5, 5.41) is 14.0. The summed E-state index contributed by atoms with van der Waals surface area (Å²) in [6, 6.07) is -0.885. The van der Waals surface area contributed by atoms with Crippen LogP contribution in [-0.4, -0.2) is 73.4 Å². The fourth-order valence-electron chi connectivity index (χ4n) is 9.07. The van der Waals surface area contributed by atoms with Crippen LogP contribution in [0.5, 0.6) is 0 Å². The lowest BCUT2D eigenvalue weighted by molar-refractivity contribution is -0.870. The molecule has 3 N–H and O–H groups in total. The first-order valence-corrected chi connectivity index (χ1v) is 35.2. The van der Waals surface area contributed by atoms with Gasteiger partial charge < -0.3 is 19.8 Å². The minimum absolute atomic E-state index is 0.0452. The molecule has 9 heteroatoms. The maximum absolute atomic E-state index is 13.0. The molecule has 474 valence electrons. The Morgan fingerprint density at radius 1 is 0.422 bits per heavy atom. The van der Waals surface area contributed by atoms with Gasteiger partial charge in [-0.25, -0.2) is 4.57 Å². The zero-order valence-electron chi connectivity index (χ0n) is 54.1. The highest BCUT2D eigenvalue weighted by Gasteiger charge is 2.27. The van der Waals surface area contributed by atoms with Gasteiger partial charge in [-0.1, -0.05) is 288 Å². The Bertz CT molecular complexity index is 1860. The molecular formula is C74H128N2O6P+. The quantitative estimate of drug-likeness (QED) is 0.0243. The smallest absolute Gasteiger partial charge is 0.387 e. The van der Waals surface area contributed by atoms with Crippen molar-refractivity contribution in [2.75, 3.05) is 40.9 Å². The van der Waals surface area contributed by atoms with Crippen LogP contribution in [0.3, 0.4) is 0 Å². The number of phosphoric ester groups is 1. The van der Waals surface area contributed by atoms with Gasteiger partial charge in [0.2, 0.25) is 5.91 Å². The highest BCUT2D eigenvalue weighted by Crippen LogP contribution is 2.43. The molecule has 0 bridgehead atoms. The van der Waals surface area contributed by atoms with Crippen molar-refractivity contribution in [2.45, 2.75) is 276 Å². The number of likely N-dealkylation sites (N-methyl/N-ethyl adjacent to an activating group) is 1. The average molecular weight is 1170 g/mol. The second kappa shape index (κ2) is 62.9. The minimum atomic E-state index is -4.38. The van der Waals surface area contributed by atoms with Crippen molar-refractivity contribution in [3.05, 3.63) is 146 Å². The molecule has 0 aliphatic rings. The van der Waals surface area contributed by atoms with E-state index in [1.165, 1.54) is 128 Å². The van der Waals surface area contributed by atoms with Crippen molar-refractivity contribution in [3.63, 3.8) is 0 Å². The molecule has 0 fully saturated rings. The molecule has 1 amide bonds. The number of amides is 1. The molecule has 0 aromatic heterocycles. The van der Waals surface area contributed by atoms with Gasteiger partial charge in [0.15, 0.2) is 0 Å². The molecule has 0 aliphatic carbocycles. The van der Waals surface area contributed by atoms with Crippen LogP contribution in [0.2, 0.25) is 0 Å². The third-order valence-corrected chi connectivity index (χ3v) is 15.3. The number of nitrogens with zero attached hydrogens (tertiary/aromatic N) is 1. The topological polar surface area (TPSA) is 105 Å². The number of quaternary nitrogens is 1. The summed E-state index contributed by atoms with van der Waals surface area (Å²) in [7, 11) is 1.53.